The average molecular weight is 358 g/mol. The maximum Gasteiger partial charge on any atom is 0.497 e. The maximum absolute atomic E-state index is 12.8. The standard InChI is InChI=1S/C19H27BN2O4/c1-12-14(20-25-18(5,6)19(7,8)26-20)13-10-9-11-21-15(13)22(12)16(23)24-17(2,3)4/h9-11H,1-8H3. The minimum atomic E-state index is -0.598. The molecule has 0 aromatic carbocycles. The molecule has 0 amide bonds. The van der Waals surface area contributed by atoms with E-state index in [9.17, 15) is 4.79 Å². The second-order valence-electron chi connectivity index (χ2n) is 8.78. The Balaban J connectivity index is 2.14. The quantitative estimate of drug-likeness (QED) is 0.731. The number of pyridine rings is 1. The molecule has 1 saturated heterocycles. The van der Waals surface area contributed by atoms with Crippen molar-refractivity contribution in [2.75, 3.05) is 0 Å². The van der Waals surface area contributed by atoms with Crippen molar-refractivity contribution >= 4 is 29.7 Å². The molecule has 1 fully saturated rings. The average Bonchev–Trinajstić information content (AvgIpc) is 2.86. The Hall–Kier alpha value is -1.86. The van der Waals surface area contributed by atoms with Gasteiger partial charge in [-0.1, -0.05) is 0 Å². The molecule has 0 unspecified atom stereocenters. The molecule has 0 atom stereocenters. The van der Waals surface area contributed by atoms with E-state index in [2.05, 4.69) is 4.98 Å². The normalized spacial score (nSPS) is 19.2. The fourth-order valence-corrected chi connectivity index (χ4v) is 3.05. The lowest BCUT2D eigenvalue weighted by Gasteiger charge is -2.32. The van der Waals surface area contributed by atoms with Crippen molar-refractivity contribution < 1.29 is 18.8 Å². The lowest BCUT2D eigenvalue weighted by molar-refractivity contribution is 0.00578. The molecule has 3 heterocycles. The van der Waals surface area contributed by atoms with Crippen LogP contribution in [0, 0.1) is 6.92 Å². The van der Waals surface area contributed by atoms with E-state index in [1.165, 1.54) is 4.57 Å². The van der Waals surface area contributed by atoms with E-state index < -0.39 is 30.0 Å². The Bertz CT molecular complexity index is 848. The van der Waals surface area contributed by atoms with Crippen LogP contribution in [0.2, 0.25) is 0 Å². The van der Waals surface area contributed by atoms with E-state index in [1.807, 2.05) is 67.5 Å². The van der Waals surface area contributed by atoms with Crippen molar-refractivity contribution in [3.05, 3.63) is 24.0 Å². The predicted molar refractivity (Wildman–Crippen MR) is 102 cm³/mol. The number of carbonyl (C=O) groups excluding carboxylic acids is 1. The first-order valence-corrected chi connectivity index (χ1v) is 8.89. The number of fused-ring (bicyclic) bond motifs is 1. The minimum absolute atomic E-state index is 0.457. The van der Waals surface area contributed by atoms with Gasteiger partial charge in [-0.3, -0.25) is 0 Å². The van der Waals surface area contributed by atoms with Gasteiger partial charge in [-0.05, 0) is 67.5 Å². The molecule has 0 radical (unpaired) electrons. The van der Waals surface area contributed by atoms with Crippen molar-refractivity contribution in [3.8, 4) is 0 Å². The molecular formula is C19H27BN2O4. The summed E-state index contributed by atoms with van der Waals surface area (Å²) in [5.74, 6) is 0. The van der Waals surface area contributed by atoms with Crippen LogP contribution in [-0.2, 0) is 14.0 Å². The van der Waals surface area contributed by atoms with Gasteiger partial charge in [0.2, 0.25) is 0 Å². The van der Waals surface area contributed by atoms with Crippen LogP contribution in [0.15, 0.2) is 18.3 Å². The summed E-state index contributed by atoms with van der Waals surface area (Å²) >= 11 is 0. The molecule has 3 rings (SSSR count). The Morgan fingerprint density at radius 1 is 1.19 bits per heavy atom. The summed E-state index contributed by atoms with van der Waals surface area (Å²) in [5.41, 5.74) is 0.548. The highest BCUT2D eigenvalue weighted by Crippen LogP contribution is 2.37. The van der Waals surface area contributed by atoms with Gasteiger partial charge < -0.3 is 14.0 Å². The summed E-state index contributed by atoms with van der Waals surface area (Å²) in [6, 6.07) is 3.77. The zero-order valence-electron chi connectivity index (χ0n) is 16.8. The summed E-state index contributed by atoms with van der Waals surface area (Å²) in [7, 11) is -0.574. The first-order valence-electron chi connectivity index (χ1n) is 8.89. The topological polar surface area (TPSA) is 62.6 Å². The third-order valence-corrected chi connectivity index (χ3v) is 5.08. The molecule has 7 heteroatoms. The van der Waals surface area contributed by atoms with E-state index in [-0.39, 0.29) is 0 Å². The highest BCUT2D eigenvalue weighted by atomic mass is 16.7. The molecule has 2 aromatic heterocycles. The Morgan fingerprint density at radius 3 is 2.31 bits per heavy atom. The molecule has 140 valence electrons. The van der Waals surface area contributed by atoms with Crippen LogP contribution >= 0.6 is 0 Å². The van der Waals surface area contributed by atoms with E-state index in [0.29, 0.717) is 11.3 Å². The molecular weight excluding hydrogens is 331 g/mol. The lowest BCUT2D eigenvalue weighted by atomic mass is 9.77. The largest absolute Gasteiger partial charge is 0.497 e. The minimum Gasteiger partial charge on any atom is -0.443 e. The molecule has 1 aliphatic rings. The third kappa shape index (κ3) is 3.03. The molecule has 0 N–H and O–H groups in total. The van der Waals surface area contributed by atoms with Crippen LogP contribution in [0.25, 0.3) is 11.0 Å². The summed E-state index contributed by atoms with van der Waals surface area (Å²) in [6.45, 7) is 15.4. The SMILES string of the molecule is Cc1c(B2OC(C)(C)C(C)(C)O2)c2cccnc2n1C(=O)OC(C)(C)C. The first kappa shape index (κ1) is 18.9. The first-order chi connectivity index (χ1) is 11.8. The van der Waals surface area contributed by atoms with Gasteiger partial charge in [0.05, 0.1) is 11.2 Å². The Kier molecular flexibility index (Phi) is 4.24. The van der Waals surface area contributed by atoms with Crippen molar-refractivity contribution in [2.24, 2.45) is 0 Å². The molecule has 2 aromatic rings. The summed E-state index contributed by atoms with van der Waals surface area (Å²) in [4.78, 5) is 17.2. The smallest absolute Gasteiger partial charge is 0.443 e. The molecule has 0 bridgehead atoms. The molecule has 0 spiro atoms. The van der Waals surface area contributed by atoms with Gasteiger partial charge in [-0.25, -0.2) is 14.3 Å². The van der Waals surface area contributed by atoms with Crippen molar-refractivity contribution in [2.45, 2.75) is 72.2 Å². The fourth-order valence-electron chi connectivity index (χ4n) is 3.05. The summed E-state index contributed by atoms with van der Waals surface area (Å²) in [6.07, 6.45) is 1.21. The molecule has 0 saturated carbocycles. The molecule has 0 aliphatic carbocycles. The number of hydrogen-bond acceptors (Lipinski definition) is 5. The molecule has 6 nitrogen and oxygen atoms in total. The van der Waals surface area contributed by atoms with Crippen LogP contribution in [0.3, 0.4) is 0 Å². The van der Waals surface area contributed by atoms with Crippen LogP contribution in [-0.4, -0.2) is 39.6 Å². The van der Waals surface area contributed by atoms with Gasteiger partial charge in [-0.15, -0.1) is 0 Å². The summed E-state index contributed by atoms with van der Waals surface area (Å²) in [5, 5.41) is 0.828. The van der Waals surface area contributed by atoms with Gasteiger partial charge in [-0.2, -0.15) is 0 Å². The predicted octanol–water partition coefficient (Wildman–Crippen LogP) is 3.43. The van der Waals surface area contributed by atoms with Gasteiger partial charge in [0.15, 0.2) is 0 Å². The maximum atomic E-state index is 12.8. The van der Waals surface area contributed by atoms with Crippen LogP contribution in [0.5, 0.6) is 0 Å². The van der Waals surface area contributed by atoms with Crippen molar-refractivity contribution in [1.29, 1.82) is 0 Å². The number of carbonyl (C=O) groups is 1. The Labute approximate surface area is 155 Å². The van der Waals surface area contributed by atoms with Gasteiger partial charge in [0.25, 0.3) is 0 Å². The van der Waals surface area contributed by atoms with E-state index in [0.717, 1.165) is 10.8 Å². The number of rotatable bonds is 1. The summed E-state index contributed by atoms with van der Waals surface area (Å²) < 4.78 is 19.5. The molecule has 26 heavy (non-hydrogen) atoms. The van der Waals surface area contributed by atoms with Crippen molar-refractivity contribution in [1.82, 2.24) is 9.55 Å². The number of aromatic nitrogens is 2. The Morgan fingerprint density at radius 2 is 1.77 bits per heavy atom. The fraction of sp³-hybridized carbons (Fsp3) is 0.579. The van der Waals surface area contributed by atoms with E-state index in [4.69, 9.17) is 14.0 Å². The van der Waals surface area contributed by atoms with Gasteiger partial charge in [0, 0.05) is 22.7 Å². The van der Waals surface area contributed by atoms with Gasteiger partial charge >= 0.3 is 13.2 Å². The zero-order valence-corrected chi connectivity index (χ0v) is 16.8. The van der Waals surface area contributed by atoms with Crippen LogP contribution in [0.1, 0.15) is 54.2 Å². The number of nitrogens with zero attached hydrogens (tertiary/aromatic N) is 2. The third-order valence-electron chi connectivity index (χ3n) is 5.08. The number of hydrogen-bond donors (Lipinski definition) is 0. The number of ether oxygens (including phenoxy) is 1. The zero-order chi connectivity index (χ0) is 19.5. The van der Waals surface area contributed by atoms with Crippen LogP contribution < -0.4 is 5.46 Å². The monoisotopic (exact) mass is 358 g/mol. The van der Waals surface area contributed by atoms with Crippen molar-refractivity contribution in [3.63, 3.8) is 0 Å². The van der Waals surface area contributed by atoms with E-state index >= 15 is 0 Å². The molecule has 1 aliphatic heterocycles. The highest BCUT2D eigenvalue weighted by molar-refractivity contribution is 6.65. The van der Waals surface area contributed by atoms with Gasteiger partial charge in [0.1, 0.15) is 11.2 Å². The van der Waals surface area contributed by atoms with Crippen LogP contribution in [0.4, 0.5) is 4.79 Å². The lowest BCUT2D eigenvalue weighted by Crippen LogP contribution is -2.41. The second-order valence-corrected chi connectivity index (χ2v) is 8.78. The van der Waals surface area contributed by atoms with E-state index in [1.54, 1.807) is 6.20 Å². The highest BCUT2D eigenvalue weighted by Gasteiger charge is 2.53. The second kappa shape index (κ2) is 5.82.